The number of rotatable bonds is 5. The molecule has 2 aromatic rings. The first-order valence-corrected chi connectivity index (χ1v) is 12.1. The van der Waals surface area contributed by atoms with Gasteiger partial charge in [0.1, 0.15) is 11.3 Å². The average Bonchev–Trinajstić information content (AvgIpc) is 3.23. The standard InChI is InChI=1S/C22H23F3N4O4S/c1-15(16-4-3-9-26-14-16)27-20(30)19-13-21(33-28-19)7-10-29(11-8-21)34(31,32)18-6-2-5-17(12-18)22(23,24)25/h2-6,9,12,14-15H,7-8,10-11,13H2,1H3,(H,27,30). The molecule has 1 saturated heterocycles. The minimum atomic E-state index is -4.64. The van der Waals surface area contributed by atoms with Gasteiger partial charge in [-0.05, 0) is 36.8 Å². The lowest BCUT2D eigenvalue weighted by Gasteiger charge is -2.36. The molecule has 1 unspecified atom stereocenters. The van der Waals surface area contributed by atoms with Crippen LogP contribution in [0.5, 0.6) is 0 Å². The van der Waals surface area contributed by atoms with Gasteiger partial charge in [0.15, 0.2) is 0 Å². The topological polar surface area (TPSA) is 101 Å². The number of carbonyl (C=O) groups excluding carboxylic acids is 1. The number of hydrogen-bond acceptors (Lipinski definition) is 6. The molecule has 4 rings (SSSR count). The van der Waals surface area contributed by atoms with Gasteiger partial charge in [-0.25, -0.2) is 8.42 Å². The molecule has 2 aliphatic heterocycles. The van der Waals surface area contributed by atoms with E-state index in [0.29, 0.717) is 6.07 Å². The van der Waals surface area contributed by atoms with E-state index in [1.165, 1.54) is 0 Å². The lowest BCUT2D eigenvalue weighted by Crippen LogP contribution is -2.47. The number of pyridine rings is 1. The fourth-order valence-electron chi connectivity index (χ4n) is 4.02. The number of carbonyl (C=O) groups is 1. The van der Waals surface area contributed by atoms with Crippen LogP contribution >= 0.6 is 0 Å². The van der Waals surface area contributed by atoms with Crippen molar-refractivity contribution in [3.8, 4) is 0 Å². The van der Waals surface area contributed by atoms with E-state index in [2.05, 4.69) is 15.5 Å². The summed E-state index contributed by atoms with van der Waals surface area (Å²) in [6.07, 6.45) is -0.627. The van der Waals surface area contributed by atoms with Gasteiger partial charge < -0.3 is 10.2 Å². The average molecular weight is 497 g/mol. The normalized spacial score (nSPS) is 19.4. The zero-order chi connectivity index (χ0) is 24.6. The third-order valence-corrected chi connectivity index (χ3v) is 7.96. The molecule has 34 heavy (non-hydrogen) atoms. The zero-order valence-corrected chi connectivity index (χ0v) is 19.1. The van der Waals surface area contributed by atoms with Gasteiger partial charge in [-0.2, -0.15) is 17.5 Å². The van der Waals surface area contributed by atoms with E-state index in [1.807, 2.05) is 13.0 Å². The van der Waals surface area contributed by atoms with Crippen molar-refractivity contribution < 1.29 is 31.2 Å². The molecule has 1 atom stereocenters. The van der Waals surface area contributed by atoms with Crippen LogP contribution in [0.2, 0.25) is 0 Å². The quantitative estimate of drug-likeness (QED) is 0.685. The highest BCUT2D eigenvalue weighted by atomic mass is 32.2. The summed E-state index contributed by atoms with van der Waals surface area (Å²) in [6.45, 7) is 1.89. The number of sulfonamides is 1. The molecule has 0 aliphatic carbocycles. The summed E-state index contributed by atoms with van der Waals surface area (Å²) < 4.78 is 66.0. The molecule has 1 aromatic carbocycles. The van der Waals surface area contributed by atoms with Crippen molar-refractivity contribution in [3.05, 3.63) is 59.9 Å². The van der Waals surface area contributed by atoms with Gasteiger partial charge in [0.25, 0.3) is 5.91 Å². The molecule has 12 heteroatoms. The van der Waals surface area contributed by atoms with Crippen molar-refractivity contribution in [2.24, 2.45) is 5.16 Å². The van der Waals surface area contributed by atoms with Gasteiger partial charge >= 0.3 is 6.18 Å². The number of hydrogen-bond donors (Lipinski definition) is 1. The number of oxime groups is 1. The van der Waals surface area contributed by atoms with Crippen LogP contribution in [-0.2, 0) is 25.8 Å². The van der Waals surface area contributed by atoms with Crippen molar-refractivity contribution in [1.82, 2.24) is 14.6 Å². The lowest BCUT2D eigenvalue weighted by atomic mass is 9.87. The second-order valence-corrected chi connectivity index (χ2v) is 10.3. The molecule has 1 N–H and O–H groups in total. The predicted octanol–water partition coefficient (Wildman–Crippen LogP) is 3.28. The fraction of sp³-hybridized carbons (Fsp3) is 0.409. The predicted molar refractivity (Wildman–Crippen MR) is 116 cm³/mol. The van der Waals surface area contributed by atoms with Gasteiger partial charge in [0.05, 0.1) is 16.5 Å². The second kappa shape index (κ2) is 8.99. The number of amides is 1. The Hall–Kier alpha value is -2.99. The number of halogens is 3. The van der Waals surface area contributed by atoms with Crippen LogP contribution < -0.4 is 5.32 Å². The van der Waals surface area contributed by atoms with E-state index in [1.54, 1.807) is 18.5 Å². The minimum Gasteiger partial charge on any atom is -0.388 e. The van der Waals surface area contributed by atoms with Crippen LogP contribution in [0.4, 0.5) is 13.2 Å². The van der Waals surface area contributed by atoms with Crippen molar-refractivity contribution in [3.63, 3.8) is 0 Å². The number of alkyl halides is 3. The van der Waals surface area contributed by atoms with Gasteiger partial charge in [-0.1, -0.05) is 17.3 Å². The van der Waals surface area contributed by atoms with E-state index in [-0.39, 0.29) is 50.0 Å². The highest BCUT2D eigenvalue weighted by molar-refractivity contribution is 7.89. The van der Waals surface area contributed by atoms with E-state index in [4.69, 9.17) is 4.84 Å². The summed E-state index contributed by atoms with van der Waals surface area (Å²) >= 11 is 0. The largest absolute Gasteiger partial charge is 0.416 e. The summed E-state index contributed by atoms with van der Waals surface area (Å²) in [5.74, 6) is -0.382. The van der Waals surface area contributed by atoms with Crippen molar-refractivity contribution in [2.45, 2.75) is 48.9 Å². The van der Waals surface area contributed by atoms with Gasteiger partial charge in [-0.3, -0.25) is 9.78 Å². The van der Waals surface area contributed by atoms with Crippen LogP contribution in [-0.4, -0.2) is 48.0 Å². The Labute approximate surface area is 194 Å². The Balaban J connectivity index is 1.37. The SMILES string of the molecule is CC(NC(=O)C1=NOC2(CCN(S(=O)(=O)c3cccc(C(F)(F)F)c3)CC2)C1)c1cccnc1. The first-order valence-electron chi connectivity index (χ1n) is 10.6. The summed E-state index contributed by atoms with van der Waals surface area (Å²) in [7, 11) is -4.11. The van der Waals surface area contributed by atoms with E-state index < -0.39 is 32.3 Å². The molecule has 0 saturated carbocycles. The molecule has 182 valence electrons. The summed E-state index contributed by atoms with van der Waals surface area (Å²) in [5.41, 5.74) is -0.793. The molecule has 2 aliphatic rings. The maximum Gasteiger partial charge on any atom is 0.416 e. The van der Waals surface area contributed by atoms with Crippen LogP contribution in [0.1, 0.15) is 43.4 Å². The minimum absolute atomic E-state index is 0.0368. The molecule has 0 bridgehead atoms. The van der Waals surface area contributed by atoms with Crippen molar-refractivity contribution >= 4 is 21.6 Å². The van der Waals surface area contributed by atoms with Gasteiger partial charge in [-0.15, -0.1) is 0 Å². The molecule has 0 radical (unpaired) electrons. The highest BCUT2D eigenvalue weighted by Crippen LogP contribution is 2.37. The monoisotopic (exact) mass is 496 g/mol. The van der Waals surface area contributed by atoms with Crippen LogP contribution in [0.25, 0.3) is 0 Å². The number of nitrogens with zero attached hydrogens (tertiary/aromatic N) is 3. The molecule has 8 nitrogen and oxygen atoms in total. The highest BCUT2D eigenvalue weighted by Gasteiger charge is 2.46. The molecule has 1 fully saturated rings. The van der Waals surface area contributed by atoms with Crippen LogP contribution in [0.3, 0.4) is 0 Å². The maximum atomic E-state index is 13.0. The fourth-order valence-corrected chi connectivity index (χ4v) is 5.51. The third-order valence-electron chi connectivity index (χ3n) is 6.07. The van der Waals surface area contributed by atoms with E-state index in [9.17, 15) is 26.4 Å². The first-order chi connectivity index (χ1) is 16.0. The molecular weight excluding hydrogens is 473 g/mol. The molecule has 1 aromatic heterocycles. The van der Waals surface area contributed by atoms with Gasteiger partial charge in [0.2, 0.25) is 10.0 Å². The zero-order valence-electron chi connectivity index (χ0n) is 18.2. The second-order valence-electron chi connectivity index (χ2n) is 8.40. The summed E-state index contributed by atoms with van der Waals surface area (Å²) in [4.78, 5) is 21.8. The van der Waals surface area contributed by atoms with Crippen LogP contribution in [0.15, 0.2) is 58.8 Å². The smallest absolute Gasteiger partial charge is 0.388 e. The Bertz CT molecular complexity index is 1190. The lowest BCUT2D eigenvalue weighted by molar-refractivity contribution is -0.137. The summed E-state index contributed by atoms with van der Waals surface area (Å²) in [5, 5.41) is 6.78. The Morgan fingerprint density at radius 1 is 1.21 bits per heavy atom. The molecule has 1 spiro atoms. The van der Waals surface area contributed by atoms with Crippen molar-refractivity contribution in [1.29, 1.82) is 0 Å². The van der Waals surface area contributed by atoms with Gasteiger partial charge in [0, 0.05) is 44.7 Å². The number of nitrogens with one attached hydrogen (secondary N) is 1. The van der Waals surface area contributed by atoms with E-state index in [0.717, 1.165) is 28.1 Å². The van der Waals surface area contributed by atoms with E-state index >= 15 is 0 Å². The summed E-state index contributed by atoms with van der Waals surface area (Å²) in [6, 6.07) is 7.01. The van der Waals surface area contributed by atoms with Crippen LogP contribution in [0, 0.1) is 0 Å². The first kappa shape index (κ1) is 24.1. The Morgan fingerprint density at radius 3 is 2.59 bits per heavy atom. The Morgan fingerprint density at radius 2 is 1.94 bits per heavy atom. The number of piperidine rings is 1. The van der Waals surface area contributed by atoms with Crippen molar-refractivity contribution in [2.75, 3.05) is 13.1 Å². The third kappa shape index (κ3) is 4.92. The molecular formula is C22H23F3N4O4S. The number of aromatic nitrogens is 1. The molecule has 3 heterocycles. The Kier molecular flexibility index (Phi) is 6.38. The maximum absolute atomic E-state index is 13.0. The molecule has 1 amide bonds. The number of benzene rings is 1.